The first-order chi connectivity index (χ1) is 14.6. The predicted molar refractivity (Wildman–Crippen MR) is 139 cm³/mol. The molecule has 0 saturated carbocycles. The van der Waals surface area contributed by atoms with Crippen molar-refractivity contribution >= 4 is 47.0 Å². The van der Waals surface area contributed by atoms with Gasteiger partial charge in [0.1, 0.15) is 0 Å². The third-order valence-corrected chi connectivity index (χ3v) is 5.97. The lowest BCUT2D eigenvalue weighted by molar-refractivity contribution is -0.0333. The van der Waals surface area contributed by atoms with E-state index >= 15 is 0 Å². The topological polar surface area (TPSA) is 67.4 Å². The average Bonchev–Trinajstić information content (AvgIpc) is 3.28. The Kier molecular flexibility index (Phi) is 10.9. The van der Waals surface area contributed by atoms with E-state index in [1.165, 1.54) is 4.88 Å². The molecule has 1 aliphatic rings. The Morgan fingerprint density at radius 2 is 2.19 bits per heavy atom. The van der Waals surface area contributed by atoms with Crippen LogP contribution in [0.25, 0.3) is 0 Å². The van der Waals surface area contributed by atoms with E-state index in [2.05, 4.69) is 45.0 Å². The molecule has 0 aliphatic carbocycles. The Hall–Kier alpha value is -1.56. The summed E-state index contributed by atoms with van der Waals surface area (Å²) in [6.45, 7) is 8.05. The van der Waals surface area contributed by atoms with Crippen molar-refractivity contribution in [3.05, 3.63) is 40.6 Å². The highest BCUT2D eigenvalue weighted by Crippen LogP contribution is 2.30. The van der Waals surface area contributed by atoms with Crippen LogP contribution in [0.15, 0.2) is 40.7 Å². The second-order valence-corrected chi connectivity index (χ2v) is 8.06. The molecular formula is C22H33IN4O3S. The summed E-state index contributed by atoms with van der Waals surface area (Å²) in [5.41, 5.74) is 0.885. The Bertz CT molecular complexity index is 819. The zero-order valence-electron chi connectivity index (χ0n) is 18.6. The summed E-state index contributed by atoms with van der Waals surface area (Å²) in [7, 11) is 3.42. The number of ether oxygens (including phenoxy) is 3. The van der Waals surface area contributed by atoms with Gasteiger partial charge in [-0.15, -0.1) is 35.3 Å². The van der Waals surface area contributed by atoms with E-state index in [9.17, 15) is 0 Å². The van der Waals surface area contributed by atoms with Crippen LogP contribution in [-0.4, -0.2) is 64.0 Å². The maximum Gasteiger partial charge on any atom is 0.195 e. The van der Waals surface area contributed by atoms with Gasteiger partial charge in [0.15, 0.2) is 17.5 Å². The minimum absolute atomic E-state index is 0. The van der Waals surface area contributed by atoms with E-state index in [1.807, 2.05) is 25.1 Å². The van der Waals surface area contributed by atoms with Crippen LogP contribution < -0.4 is 20.1 Å². The van der Waals surface area contributed by atoms with Crippen LogP contribution in [0.1, 0.15) is 24.8 Å². The molecule has 2 aromatic rings. The van der Waals surface area contributed by atoms with Crippen molar-refractivity contribution in [3.63, 3.8) is 0 Å². The highest BCUT2D eigenvalue weighted by molar-refractivity contribution is 14.0. The molecule has 2 N–H and O–H groups in total. The van der Waals surface area contributed by atoms with Crippen LogP contribution >= 0.6 is 35.3 Å². The van der Waals surface area contributed by atoms with E-state index < -0.39 is 0 Å². The van der Waals surface area contributed by atoms with Crippen molar-refractivity contribution < 1.29 is 14.2 Å². The summed E-state index contributed by atoms with van der Waals surface area (Å²) in [4.78, 5) is 8.22. The molecule has 0 bridgehead atoms. The molecule has 1 aromatic heterocycles. The van der Waals surface area contributed by atoms with Gasteiger partial charge in [-0.3, -0.25) is 9.89 Å². The number of benzene rings is 1. The van der Waals surface area contributed by atoms with Crippen LogP contribution in [0.2, 0.25) is 0 Å². The molecule has 2 atom stereocenters. The summed E-state index contributed by atoms with van der Waals surface area (Å²) in [5, 5.41) is 8.97. The summed E-state index contributed by atoms with van der Waals surface area (Å²) >= 11 is 1.79. The number of methoxy groups -OCH3 is 1. The second-order valence-electron chi connectivity index (χ2n) is 7.08. The van der Waals surface area contributed by atoms with E-state index in [-0.39, 0.29) is 36.1 Å². The van der Waals surface area contributed by atoms with E-state index in [4.69, 9.17) is 14.2 Å². The smallest absolute Gasteiger partial charge is 0.195 e. The first-order valence-electron chi connectivity index (χ1n) is 10.3. The van der Waals surface area contributed by atoms with Crippen molar-refractivity contribution in [3.8, 4) is 11.5 Å². The Morgan fingerprint density at radius 3 is 2.84 bits per heavy atom. The Morgan fingerprint density at radius 1 is 1.35 bits per heavy atom. The number of hydrogen-bond donors (Lipinski definition) is 2. The number of thiophene rings is 1. The number of rotatable bonds is 8. The van der Waals surface area contributed by atoms with Gasteiger partial charge in [0, 0.05) is 43.3 Å². The van der Waals surface area contributed by atoms with Gasteiger partial charge in [0.05, 0.1) is 32.5 Å². The van der Waals surface area contributed by atoms with Gasteiger partial charge in [0.25, 0.3) is 0 Å². The Balaban J connectivity index is 0.00000341. The predicted octanol–water partition coefficient (Wildman–Crippen LogP) is 4.22. The van der Waals surface area contributed by atoms with Crippen molar-refractivity contribution in [2.75, 3.05) is 52.3 Å². The standard InChI is InChI=1S/C22H32N4O3S.HI/c1-5-28-19-9-8-17(13-20(19)27-4)25-22(23-3)24-14-18(21-7-6-12-30-21)26-10-11-29-16(2)15-26;/h6-9,12-13,16,18H,5,10-11,14-15H2,1-4H3,(H2,23,24,25);1H. The highest BCUT2D eigenvalue weighted by atomic mass is 127. The quantitative estimate of drug-likeness (QED) is 0.287. The fourth-order valence-electron chi connectivity index (χ4n) is 3.55. The molecule has 1 aromatic carbocycles. The van der Waals surface area contributed by atoms with Gasteiger partial charge in [0.2, 0.25) is 0 Å². The number of nitrogens with zero attached hydrogens (tertiary/aromatic N) is 2. The summed E-state index contributed by atoms with van der Waals surface area (Å²) in [6, 6.07) is 10.4. The minimum atomic E-state index is 0. The van der Waals surface area contributed by atoms with Gasteiger partial charge < -0.3 is 24.8 Å². The lowest BCUT2D eigenvalue weighted by Gasteiger charge is -2.37. The van der Waals surface area contributed by atoms with Crippen LogP contribution in [0.3, 0.4) is 0 Å². The normalized spacial score (nSPS) is 18.1. The van der Waals surface area contributed by atoms with Crippen LogP contribution in [0.4, 0.5) is 5.69 Å². The minimum Gasteiger partial charge on any atom is -0.493 e. The molecule has 7 nitrogen and oxygen atoms in total. The van der Waals surface area contributed by atoms with Crippen molar-refractivity contribution in [2.45, 2.75) is 26.0 Å². The number of guanidine groups is 1. The molecule has 172 valence electrons. The first-order valence-corrected chi connectivity index (χ1v) is 11.2. The molecule has 0 radical (unpaired) electrons. The van der Waals surface area contributed by atoms with Crippen molar-refractivity contribution in [2.24, 2.45) is 4.99 Å². The molecule has 3 rings (SSSR count). The van der Waals surface area contributed by atoms with E-state index in [1.54, 1.807) is 25.5 Å². The maximum absolute atomic E-state index is 5.73. The van der Waals surface area contributed by atoms with Crippen molar-refractivity contribution in [1.82, 2.24) is 10.2 Å². The number of morpholine rings is 1. The van der Waals surface area contributed by atoms with E-state index in [0.29, 0.717) is 18.3 Å². The SMILES string of the molecule is CCOc1ccc(NC(=NC)NCC(c2cccs2)N2CCOC(C)C2)cc1OC.I. The number of hydrogen-bond acceptors (Lipinski definition) is 6. The largest absolute Gasteiger partial charge is 0.493 e. The van der Waals surface area contributed by atoms with Gasteiger partial charge in [-0.2, -0.15) is 0 Å². The zero-order valence-corrected chi connectivity index (χ0v) is 21.7. The zero-order chi connectivity index (χ0) is 21.3. The van der Waals surface area contributed by atoms with Gasteiger partial charge in [-0.25, -0.2) is 0 Å². The molecule has 2 unspecified atom stereocenters. The number of nitrogens with one attached hydrogen (secondary N) is 2. The number of aliphatic imine (C=N–C) groups is 1. The van der Waals surface area contributed by atoms with E-state index in [0.717, 1.165) is 37.7 Å². The van der Waals surface area contributed by atoms with Crippen LogP contribution in [-0.2, 0) is 4.74 Å². The molecule has 9 heteroatoms. The summed E-state index contributed by atoms with van der Waals surface area (Å²) in [6.07, 6.45) is 0.245. The van der Waals surface area contributed by atoms with Crippen molar-refractivity contribution in [1.29, 1.82) is 0 Å². The molecule has 31 heavy (non-hydrogen) atoms. The highest BCUT2D eigenvalue weighted by Gasteiger charge is 2.26. The van der Waals surface area contributed by atoms with Gasteiger partial charge in [-0.05, 0) is 37.4 Å². The molecule has 0 spiro atoms. The molecule has 2 heterocycles. The summed E-state index contributed by atoms with van der Waals surface area (Å²) < 4.78 is 16.8. The third-order valence-electron chi connectivity index (χ3n) is 5.00. The first kappa shape index (κ1) is 25.7. The monoisotopic (exact) mass is 560 g/mol. The number of anilines is 1. The Labute approximate surface area is 206 Å². The van der Waals surface area contributed by atoms with Crippen LogP contribution in [0.5, 0.6) is 11.5 Å². The molecule has 1 fully saturated rings. The third kappa shape index (κ3) is 7.23. The van der Waals surface area contributed by atoms with Gasteiger partial charge >= 0.3 is 0 Å². The maximum atomic E-state index is 5.73. The fourth-order valence-corrected chi connectivity index (χ4v) is 4.41. The van der Waals surface area contributed by atoms with Crippen LogP contribution in [0, 0.1) is 0 Å². The summed E-state index contributed by atoms with van der Waals surface area (Å²) in [5.74, 6) is 2.13. The number of halogens is 1. The lowest BCUT2D eigenvalue weighted by Crippen LogP contribution is -2.47. The fraction of sp³-hybridized carbons (Fsp3) is 0.500. The molecule has 1 aliphatic heterocycles. The lowest BCUT2D eigenvalue weighted by atomic mass is 10.1. The average molecular weight is 561 g/mol. The molecular weight excluding hydrogens is 527 g/mol. The molecule has 1 saturated heterocycles. The van der Waals surface area contributed by atoms with Gasteiger partial charge in [-0.1, -0.05) is 6.07 Å². The molecule has 0 amide bonds. The second kappa shape index (κ2) is 13.1.